The maximum absolute atomic E-state index is 11.7. The molecule has 4 nitrogen and oxygen atoms in total. The van der Waals surface area contributed by atoms with Crippen molar-refractivity contribution in [2.45, 2.75) is 44.4 Å². The van der Waals surface area contributed by atoms with Crippen LogP contribution >= 0.6 is 0 Å². The first-order valence-corrected chi connectivity index (χ1v) is 8.31. The smallest absolute Gasteiger partial charge is 0.153 e. The van der Waals surface area contributed by atoms with Gasteiger partial charge >= 0.3 is 0 Å². The molecule has 0 aromatic rings. The van der Waals surface area contributed by atoms with Crippen LogP contribution in [-0.2, 0) is 9.84 Å². The van der Waals surface area contributed by atoms with Gasteiger partial charge in [0.25, 0.3) is 0 Å². The summed E-state index contributed by atoms with van der Waals surface area (Å²) in [5.74, 6) is 0. The lowest BCUT2D eigenvalue weighted by Gasteiger charge is -2.30. The molecule has 0 aliphatic carbocycles. The van der Waals surface area contributed by atoms with Gasteiger partial charge in [0, 0.05) is 31.9 Å². The van der Waals surface area contributed by atoms with Gasteiger partial charge in [0.1, 0.15) is 0 Å². The number of rotatable bonds is 4. The molecule has 0 aromatic heterocycles. The molecular weight excluding hydrogens is 236 g/mol. The maximum atomic E-state index is 11.7. The van der Waals surface area contributed by atoms with Crippen LogP contribution in [0.4, 0.5) is 0 Å². The average molecular weight is 262 g/mol. The van der Waals surface area contributed by atoms with Crippen LogP contribution in [0, 0.1) is 0 Å². The quantitative estimate of drug-likeness (QED) is 0.817. The highest BCUT2D eigenvalue weighted by atomic mass is 32.2. The number of nitrogens with zero attached hydrogens (tertiary/aromatic N) is 1. The molecule has 102 valence electrons. The predicted octanol–water partition coefficient (Wildman–Crippen LogP) is 0.884. The first kappa shape index (κ1) is 14.9. The fraction of sp³-hybridized carbons (Fsp3) is 1.00. The fourth-order valence-corrected chi connectivity index (χ4v) is 2.56. The topological polar surface area (TPSA) is 49.4 Å². The lowest BCUT2D eigenvalue weighted by atomic mass is 10.1. The minimum atomic E-state index is -2.99. The second kappa shape index (κ2) is 5.67. The summed E-state index contributed by atoms with van der Waals surface area (Å²) in [4.78, 5) is 2.27. The van der Waals surface area contributed by atoms with Crippen molar-refractivity contribution < 1.29 is 8.42 Å². The van der Waals surface area contributed by atoms with Crippen LogP contribution in [0.3, 0.4) is 0 Å². The van der Waals surface area contributed by atoms with Crippen LogP contribution in [-0.4, -0.2) is 56.5 Å². The number of hydrogen-bond donors (Lipinski definition) is 1. The van der Waals surface area contributed by atoms with Gasteiger partial charge in [-0.15, -0.1) is 0 Å². The van der Waals surface area contributed by atoms with E-state index >= 15 is 0 Å². The van der Waals surface area contributed by atoms with Crippen molar-refractivity contribution in [3.8, 4) is 0 Å². The SMILES string of the molecule is CCC1CCN(CC(C)(C)S(C)(=O)=O)CCN1. The zero-order valence-electron chi connectivity index (χ0n) is 11.5. The molecule has 1 N–H and O–H groups in total. The molecule has 1 heterocycles. The number of sulfone groups is 1. The van der Waals surface area contributed by atoms with Crippen molar-refractivity contribution in [3.05, 3.63) is 0 Å². The second-order valence-corrected chi connectivity index (χ2v) is 8.31. The molecule has 0 amide bonds. The molecule has 0 bridgehead atoms. The van der Waals surface area contributed by atoms with Gasteiger partial charge in [-0.05, 0) is 33.2 Å². The van der Waals surface area contributed by atoms with Crippen molar-refractivity contribution in [1.82, 2.24) is 10.2 Å². The maximum Gasteiger partial charge on any atom is 0.153 e. The highest BCUT2D eigenvalue weighted by Gasteiger charge is 2.32. The Morgan fingerprint density at radius 2 is 2.00 bits per heavy atom. The van der Waals surface area contributed by atoms with E-state index in [0.29, 0.717) is 12.6 Å². The molecule has 0 spiro atoms. The lowest BCUT2D eigenvalue weighted by Crippen LogP contribution is -2.45. The van der Waals surface area contributed by atoms with Crippen molar-refractivity contribution in [3.63, 3.8) is 0 Å². The third-order valence-electron chi connectivity index (χ3n) is 3.76. The van der Waals surface area contributed by atoms with Crippen molar-refractivity contribution in [1.29, 1.82) is 0 Å². The summed E-state index contributed by atoms with van der Waals surface area (Å²) in [5, 5.41) is 3.49. The van der Waals surface area contributed by atoms with E-state index in [9.17, 15) is 8.42 Å². The monoisotopic (exact) mass is 262 g/mol. The highest BCUT2D eigenvalue weighted by molar-refractivity contribution is 7.92. The van der Waals surface area contributed by atoms with Gasteiger partial charge in [-0.3, -0.25) is 0 Å². The van der Waals surface area contributed by atoms with Crippen LogP contribution in [0.1, 0.15) is 33.6 Å². The molecule has 17 heavy (non-hydrogen) atoms. The van der Waals surface area contributed by atoms with E-state index in [1.165, 1.54) is 6.26 Å². The highest BCUT2D eigenvalue weighted by Crippen LogP contribution is 2.18. The van der Waals surface area contributed by atoms with Crippen LogP contribution in [0.25, 0.3) is 0 Å². The summed E-state index contributed by atoms with van der Waals surface area (Å²) in [6.07, 6.45) is 3.58. The van der Waals surface area contributed by atoms with E-state index < -0.39 is 14.6 Å². The third kappa shape index (κ3) is 4.23. The van der Waals surface area contributed by atoms with Crippen LogP contribution in [0.2, 0.25) is 0 Å². The van der Waals surface area contributed by atoms with Crippen molar-refractivity contribution in [2.75, 3.05) is 32.4 Å². The summed E-state index contributed by atoms with van der Waals surface area (Å²) < 4.78 is 22.7. The third-order valence-corrected chi connectivity index (χ3v) is 5.89. The molecule has 1 atom stereocenters. The fourth-order valence-electron chi connectivity index (χ4n) is 2.14. The Balaban J connectivity index is 2.58. The molecule has 1 rings (SSSR count). The van der Waals surface area contributed by atoms with Gasteiger partial charge in [0.05, 0.1) is 4.75 Å². The Morgan fingerprint density at radius 1 is 1.35 bits per heavy atom. The second-order valence-electron chi connectivity index (χ2n) is 5.66. The normalized spacial score (nSPS) is 24.6. The van der Waals surface area contributed by atoms with E-state index in [-0.39, 0.29) is 0 Å². The molecule has 1 fully saturated rings. The zero-order chi connectivity index (χ0) is 13.1. The van der Waals surface area contributed by atoms with Crippen LogP contribution in [0.5, 0.6) is 0 Å². The molecule has 0 saturated carbocycles. The lowest BCUT2D eigenvalue weighted by molar-refractivity contribution is 0.265. The van der Waals surface area contributed by atoms with Gasteiger partial charge in [0.15, 0.2) is 9.84 Å². The Kier molecular flexibility index (Phi) is 4.98. The molecule has 1 aliphatic heterocycles. The average Bonchev–Trinajstić information content (AvgIpc) is 2.40. The summed E-state index contributed by atoms with van der Waals surface area (Å²) in [6.45, 7) is 9.34. The van der Waals surface area contributed by atoms with Gasteiger partial charge < -0.3 is 10.2 Å². The minimum Gasteiger partial charge on any atom is -0.313 e. The van der Waals surface area contributed by atoms with Gasteiger partial charge in [0.2, 0.25) is 0 Å². The van der Waals surface area contributed by atoms with Crippen molar-refractivity contribution >= 4 is 9.84 Å². The molecule has 1 saturated heterocycles. The standard InChI is InChI=1S/C12H26N2O2S/c1-5-11-6-8-14(9-7-13-11)10-12(2,3)17(4,15)16/h11,13H,5-10H2,1-4H3. The zero-order valence-corrected chi connectivity index (χ0v) is 12.3. The molecule has 0 aromatic carbocycles. The Hall–Kier alpha value is -0.130. The first-order chi connectivity index (χ1) is 7.76. The van der Waals surface area contributed by atoms with Crippen molar-refractivity contribution in [2.24, 2.45) is 0 Å². The predicted molar refractivity (Wildman–Crippen MR) is 72.1 cm³/mol. The first-order valence-electron chi connectivity index (χ1n) is 6.41. The van der Waals surface area contributed by atoms with Crippen LogP contribution in [0.15, 0.2) is 0 Å². The summed E-state index contributed by atoms with van der Waals surface area (Å²) >= 11 is 0. The van der Waals surface area contributed by atoms with Gasteiger partial charge in [-0.25, -0.2) is 8.42 Å². The van der Waals surface area contributed by atoms with Gasteiger partial charge in [-0.1, -0.05) is 6.92 Å². The van der Waals surface area contributed by atoms with E-state index in [1.54, 1.807) is 0 Å². The Labute approximate surface area is 106 Å². The minimum absolute atomic E-state index is 0.585. The number of nitrogens with one attached hydrogen (secondary N) is 1. The molecule has 1 unspecified atom stereocenters. The van der Waals surface area contributed by atoms with E-state index in [1.807, 2.05) is 13.8 Å². The Bertz CT molecular complexity index is 338. The largest absolute Gasteiger partial charge is 0.313 e. The molecular formula is C12H26N2O2S. The molecule has 0 radical (unpaired) electrons. The Morgan fingerprint density at radius 3 is 2.53 bits per heavy atom. The summed E-state index contributed by atoms with van der Waals surface area (Å²) in [6, 6.07) is 0.585. The molecule has 5 heteroatoms. The number of hydrogen-bond acceptors (Lipinski definition) is 4. The van der Waals surface area contributed by atoms with E-state index in [0.717, 1.165) is 32.5 Å². The summed E-state index contributed by atoms with van der Waals surface area (Å²) in [5.41, 5.74) is 0. The van der Waals surface area contributed by atoms with Crippen LogP contribution < -0.4 is 5.32 Å². The van der Waals surface area contributed by atoms with Gasteiger partial charge in [-0.2, -0.15) is 0 Å². The van der Waals surface area contributed by atoms with E-state index in [2.05, 4.69) is 17.1 Å². The van der Waals surface area contributed by atoms with E-state index in [4.69, 9.17) is 0 Å². The molecule has 1 aliphatic rings. The summed E-state index contributed by atoms with van der Waals surface area (Å²) in [7, 11) is -2.99.